The van der Waals surface area contributed by atoms with Gasteiger partial charge in [0, 0.05) is 27.8 Å². The molecule has 1 aliphatic heterocycles. The Hall–Kier alpha value is -3.55. The summed E-state index contributed by atoms with van der Waals surface area (Å²) in [4.78, 5) is 73.3. The molecule has 2 rings (SSSR count). The smallest absolute Gasteiger partial charge is 0.328 e. The maximum atomic E-state index is 14.2. The molecule has 10 atom stereocenters. The van der Waals surface area contributed by atoms with E-state index in [4.69, 9.17) is 14.2 Å². The van der Waals surface area contributed by atoms with Crippen LogP contribution in [0.3, 0.4) is 0 Å². The van der Waals surface area contributed by atoms with E-state index in [0.29, 0.717) is 19.4 Å². The van der Waals surface area contributed by atoms with Gasteiger partial charge in [0.25, 0.3) is 0 Å². The Morgan fingerprint density at radius 3 is 2.09 bits per heavy atom. The fraction of sp³-hybridized carbons (Fsp3) is 0.732. The number of likely N-dealkylation sites (N-methyl/N-ethyl adjacent to an activating group) is 2. The van der Waals surface area contributed by atoms with Crippen LogP contribution in [-0.2, 0) is 38.2 Å². The Labute approximate surface area is 324 Å². The second kappa shape index (κ2) is 22.1. The maximum absolute atomic E-state index is 14.2. The number of nitrogens with zero attached hydrogens (tertiary/aromatic N) is 3. The Morgan fingerprint density at radius 1 is 0.926 bits per heavy atom. The molecular formula is C41H69N5O8. The van der Waals surface area contributed by atoms with Crippen LogP contribution in [0.1, 0.15) is 73.6 Å². The molecule has 2 aliphatic rings. The van der Waals surface area contributed by atoms with Gasteiger partial charge >= 0.3 is 5.97 Å². The van der Waals surface area contributed by atoms with E-state index >= 15 is 0 Å². The van der Waals surface area contributed by atoms with Gasteiger partial charge in [-0.3, -0.25) is 24.1 Å². The first-order chi connectivity index (χ1) is 25.4. The normalized spacial score (nSPS) is 21.5. The average molecular weight is 760 g/mol. The minimum atomic E-state index is -0.830. The monoisotopic (exact) mass is 760 g/mol. The third-order valence-corrected chi connectivity index (χ3v) is 11.0. The van der Waals surface area contributed by atoms with Crippen LogP contribution in [-0.4, -0.2) is 136 Å². The number of rotatable bonds is 21. The van der Waals surface area contributed by atoms with Crippen molar-refractivity contribution in [3.63, 3.8) is 0 Å². The van der Waals surface area contributed by atoms with Crippen molar-refractivity contribution >= 4 is 29.6 Å². The minimum absolute atomic E-state index is 0.0288. The molecule has 4 amide bonds. The van der Waals surface area contributed by atoms with Gasteiger partial charge in [0.1, 0.15) is 12.1 Å². The fourth-order valence-electron chi connectivity index (χ4n) is 8.02. The van der Waals surface area contributed by atoms with Gasteiger partial charge in [-0.2, -0.15) is 0 Å². The quantitative estimate of drug-likeness (QED) is 0.133. The van der Waals surface area contributed by atoms with Crippen molar-refractivity contribution < 1.29 is 38.2 Å². The zero-order valence-electron chi connectivity index (χ0n) is 34.9. The minimum Gasteiger partial charge on any atom is -0.467 e. The second-order valence-corrected chi connectivity index (χ2v) is 15.8. The Kier molecular flexibility index (Phi) is 19.1. The first-order valence-electron chi connectivity index (χ1n) is 19.4. The zero-order valence-corrected chi connectivity index (χ0v) is 34.9. The number of carbonyl (C=O) groups is 5. The lowest BCUT2D eigenvalue weighted by Gasteiger charge is -2.40. The van der Waals surface area contributed by atoms with Crippen molar-refractivity contribution in [2.75, 3.05) is 49.0 Å². The average Bonchev–Trinajstić information content (AvgIpc) is 3.62. The van der Waals surface area contributed by atoms with E-state index in [2.05, 4.69) is 17.2 Å². The van der Waals surface area contributed by atoms with Crippen LogP contribution in [0.15, 0.2) is 37.0 Å². The number of carbonyl (C=O) groups excluding carboxylic acids is 5. The van der Waals surface area contributed by atoms with Gasteiger partial charge in [-0.25, -0.2) is 4.79 Å². The largest absolute Gasteiger partial charge is 0.467 e. The van der Waals surface area contributed by atoms with E-state index in [-0.39, 0.29) is 53.7 Å². The number of amides is 4. The summed E-state index contributed by atoms with van der Waals surface area (Å²) < 4.78 is 16.9. The van der Waals surface area contributed by atoms with Gasteiger partial charge in [-0.1, -0.05) is 71.9 Å². The van der Waals surface area contributed by atoms with Crippen LogP contribution >= 0.6 is 0 Å². The summed E-state index contributed by atoms with van der Waals surface area (Å²) in [6.07, 6.45) is 10.8. The van der Waals surface area contributed by atoms with E-state index in [0.717, 1.165) is 12.8 Å². The van der Waals surface area contributed by atoms with Crippen molar-refractivity contribution in [1.82, 2.24) is 25.3 Å². The molecule has 0 aromatic carbocycles. The van der Waals surface area contributed by atoms with Gasteiger partial charge < -0.3 is 34.6 Å². The summed E-state index contributed by atoms with van der Waals surface area (Å²) in [7, 11) is 9.72. The number of ether oxygens (including phenoxy) is 3. The highest BCUT2D eigenvalue weighted by Gasteiger charge is 2.43. The summed E-state index contributed by atoms with van der Waals surface area (Å²) in [6.45, 7) is 15.8. The van der Waals surface area contributed by atoms with E-state index in [9.17, 15) is 24.0 Å². The van der Waals surface area contributed by atoms with E-state index in [1.165, 1.54) is 21.3 Å². The SMILES string of the molecule is C=C[C@H](C)[C@@H]([C@@H](CC(=O)N1CCC[C@H]1[C@H](OC)[C@@H](C)C(=O)NC(CC1C=CC=CC1)C(=O)OC)OC)N(C)C(=O)[C@@H](NC(=O)[C@H](C(C)C)N(C)C)C(C)C. The maximum Gasteiger partial charge on any atom is 0.328 e. The standard InChI is InChI=1S/C41H69N5O8/c1-14-27(6)36(45(10)40(50)34(25(2)3)43-39(49)35(26(4)5)44(8)9)32(52-11)24-33(47)46-22-18-21-31(46)37(53-12)28(7)38(48)42-30(41(51)54-13)23-29-19-16-15-17-20-29/h14-17,19,25-32,34-37H,1,18,20-24H2,2-13H3,(H,42,48)(H,43,49)/t27-,28+,29?,30?,31-,32+,34-,35-,36-,37+/m0/s1. The Morgan fingerprint density at radius 2 is 1.59 bits per heavy atom. The molecule has 2 unspecified atom stereocenters. The third kappa shape index (κ3) is 12.2. The molecule has 0 saturated carbocycles. The van der Waals surface area contributed by atoms with Crippen molar-refractivity contribution in [1.29, 1.82) is 0 Å². The third-order valence-electron chi connectivity index (χ3n) is 11.0. The second-order valence-electron chi connectivity index (χ2n) is 15.8. The van der Waals surface area contributed by atoms with Crippen LogP contribution in [0.25, 0.3) is 0 Å². The fourth-order valence-corrected chi connectivity index (χ4v) is 8.02. The lowest BCUT2D eigenvalue weighted by Crippen LogP contribution is -2.59. The summed E-state index contributed by atoms with van der Waals surface area (Å²) in [5.41, 5.74) is 0. The molecule has 1 aliphatic carbocycles. The predicted octanol–water partition coefficient (Wildman–Crippen LogP) is 3.59. The van der Waals surface area contributed by atoms with E-state index < -0.39 is 54.3 Å². The molecule has 0 aromatic rings. The highest BCUT2D eigenvalue weighted by Crippen LogP contribution is 2.30. The number of likely N-dealkylation sites (tertiary alicyclic amines) is 1. The summed E-state index contributed by atoms with van der Waals surface area (Å²) in [6, 6.07) is -3.02. The van der Waals surface area contributed by atoms with Crippen molar-refractivity contribution in [3.8, 4) is 0 Å². The van der Waals surface area contributed by atoms with Gasteiger partial charge in [-0.05, 0) is 63.5 Å². The molecule has 13 nitrogen and oxygen atoms in total. The van der Waals surface area contributed by atoms with Crippen LogP contribution in [0.4, 0.5) is 0 Å². The number of esters is 1. The molecule has 1 saturated heterocycles. The van der Waals surface area contributed by atoms with Gasteiger partial charge in [0.15, 0.2) is 0 Å². The molecule has 2 N–H and O–H groups in total. The molecule has 0 radical (unpaired) electrons. The number of hydrogen-bond acceptors (Lipinski definition) is 9. The van der Waals surface area contributed by atoms with Crippen molar-refractivity contribution in [3.05, 3.63) is 37.0 Å². The number of nitrogens with one attached hydrogen (secondary N) is 2. The molecule has 13 heteroatoms. The van der Waals surface area contributed by atoms with Crippen molar-refractivity contribution in [2.45, 2.75) is 116 Å². The first-order valence-corrected chi connectivity index (χ1v) is 19.4. The molecule has 306 valence electrons. The van der Waals surface area contributed by atoms with Gasteiger partial charge in [-0.15, -0.1) is 6.58 Å². The van der Waals surface area contributed by atoms with Gasteiger partial charge in [0.05, 0.1) is 49.8 Å². The van der Waals surface area contributed by atoms with E-state index in [1.807, 2.05) is 77.9 Å². The summed E-state index contributed by atoms with van der Waals surface area (Å²) in [5.74, 6) is -2.63. The number of methoxy groups -OCH3 is 3. The van der Waals surface area contributed by atoms with Crippen molar-refractivity contribution in [2.24, 2.45) is 29.6 Å². The van der Waals surface area contributed by atoms with Crippen LogP contribution < -0.4 is 10.6 Å². The Balaban J connectivity index is 2.27. The lowest BCUT2D eigenvalue weighted by molar-refractivity contribution is -0.148. The number of allylic oxidation sites excluding steroid dienone is 4. The number of hydrogen-bond donors (Lipinski definition) is 2. The molecule has 0 spiro atoms. The molecule has 1 fully saturated rings. The zero-order chi connectivity index (χ0) is 40.9. The summed E-state index contributed by atoms with van der Waals surface area (Å²) in [5, 5.41) is 5.90. The molecule has 1 heterocycles. The lowest BCUT2D eigenvalue weighted by atomic mass is 9.90. The highest BCUT2D eigenvalue weighted by molar-refractivity contribution is 5.90. The highest BCUT2D eigenvalue weighted by atomic mass is 16.5. The van der Waals surface area contributed by atoms with Crippen LogP contribution in [0, 0.1) is 29.6 Å². The predicted molar refractivity (Wildman–Crippen MR) is 210 cm³/mol. The molecular weight excluding hydrogens is 690 g/mol. The first kappa shape index (κ1) is 46.6. The molecule has 0 aromatic heterocycles. The molecule has 0 bridgehead atoms. The van der Waals surface area contributed by atoms with Crippen LogP contribution in [0.5, 0.6) is 0 Å². The van der Waals surface area contributed by atoms with E-state index in [1.54, 1.807) is 29.8 Å². The summed E-state index contributed by atoms with van der Waals surface area (Å²) >= 11 is 0. The Bertz CT molecular complexity index is 1320. The van der Waals surface area contributed by atoms with Gasteiger partial charge in [0.2, 0.25) is 23.6 Å². The molecule has 54 heavy (non-hydrogen) atoms. The van der Waals surface area contributed by atoms with Crippen LogP contribution in [0.2, 0.25) is 0 Å². The topological polar surface area (TPSA) is 147 Å².